The normalized spacial score (nSPS) is 8.89. The van der Waals surface area contributed by atoms with E-state index in [0.29, 0.717) is 13.2 Å². The quantitative estimate of drug-likeness (QED) is 0.137. The molecule has 0 saturated carbocycles. The van der Waals surface area contributed by atoms with Crippen molar-refractivity contribution in [3.05, 3.63) is 145 Å². The SMILES string of the molecule is CC.CC.CC.CC.CCC(C)(C)CCOC(=O)C(C)(C)CC.CCC(C)(C)CCOC(=O)C(C)C.COC.COC.COC.COC.Cc1ccccc1.Cc1ccccc1.c1ccccc1.c1ccccc1. The van der Waals surface area contributed by atoms with Crippen LogP contribution in [0.1, 0.15) is 175 Å². The van der Waals surface area contributed by atoms with E-state index in [4.69, 9.17) is 9.47 Å². The second-order valence-corrected chi connectivity index (χ2v) is 17.5. The maximum absolute atomic E-state index is 11.6. The van der Waals surface area contributed by atoms with Gasteiger partial charge in [0.15, 0.2) is 0 Å². The van der Waals surface area contributed by atoms with Gasteiger partial charge >= 0.3 is 11.9 Å². The van der Waals surface area contributed by atoms with Crippen LogP contribution in [0.3, 0.4) is 0 Å². The number of ether oxygens (including phenoxy) is 6. The molecule has 0 heterocycles. The number of hydrogen-bond donors (Lipinski definition) is 0. The number of methoxy groups -OCH3 is 4. The number of carbonyl (C=O) groups is 2. The minimum absolute atomic E-state index is 0.00950. The number of aryl methyl sites for hydroxylation is 2. The summed E-state index contributed by atoms with van der Waals surface area (Å²) in [5.41, 5.74) is 2.87. The molecule has 74 heavy (non-hydrogen) atoms. The monoisotopic (exact) mass is 1040 g/mol. The lowest BCUT2D eigenvalue weighted by Gasteiger charge is -2.24. The van der Waals surface area contributed by atoms with Gasteiger partial charge in [0.25, 0.3) is 0 Å². The first-order valence-corrected chi connectivity index (χ1v) is 27.1. The number of rotatable bonds is 11. The summed E-state index contributed by atoms with van der Waals surface area (Å²) in [7, 11) is 13.0. The number of benzene rings is 4. The molecule has 0 bridgehead atoms. The van der Waals surface area contributed by atoms with Gasteiger partial charge in [0.2, 0.25) is 0 Å². The fourth-order valence-electron chi connectivity index (χ4n) is 3.55. The standard InChI is InChI=1S/C13H26O2.C11H22O2.2C7H8.2C6H6.4C2H6O.4C2H6/c1-7-12(3,4)9-10-15-11(14)13(5,6)8-2;1-6-11(4,5)7-8-13-10(12)9(2)3;2*1-7-5-3-2-4-6-7;2*1-2-4-6-5-3-1;4*1-3-2;4*1-2/h7-10H2,1-6H3;9H,6-8H2,1-5H3;2*2-6H,1H3;2*1-6H;4*1-2H3;4*1-2H3. The Bertz CT molecular complexity index is 1350. The molecule has 436 valence electrons. The second-order valence-electron chi connectivity index (χ2n) is 17.5. The third-order valence-corrected chi connectivity index (χ3v) is 9.07. The lowest BCUT2D eigenvalue weighted by molar-refractivity contribution is -0.154. The van der Waals surface area contributed by atoms with E-state index >= 15 is 0 Å². The minimum Gasteiger partial charge on any atom is -0.465 e. The molecule has 0 aliphatic rings. The van der Waals surface area contributed by atoms with Crippen LogP contribution in [-0.2, 0) is 38.0 Å². The van der Waals surface area contributed by atoms with Gasteiger partial charge in [-0.1, -0.05) is 275 Å². The molecule has 0 aliphatic heterocycles. The summed E-state index contributed by atoms with van der Waals surface area (Å²) in [6, 6.07) is 44.5. The Hall–Kier alpha value is -4.34. The van der Waals surface area contributed by atoms with Gasteiger partial charge in [-0.3, -0.25) is 9.59 Å². The molecule has 0 amide bonds. The van der Waals surface area contributed by atoms with E-state index in [-0.39, 0.29) is 34.1 Å². The number of hydrogen-bond acceptors (Lipinski definition) is 8. The lowest BCUT2D eigenvalue weighted by Crippen LogP contribution is -2.27. The molecule has 0 radical (unpaired) electrons. The average molecular weight is 1050 g/mol. The summed E-state index contributed by atoms with van der Waals surface area (Å²) in [6.45, 7) is 43.9. The summed E-state index contributed by atoms with van der Waals surface area (Å²) in [5.74, 6) is -0.173. The number of esters is 2. The van der Waals surface area contributed by atoms with Gasteiger partial charge in [-0.25, -0.2) is 0 Å². The largest absolute Gasteiger partial charge is 0.465 e. The minimum atomic E-state index is -0.337. The van der Waals surface area contributed by atoms with Gasteiger partial charge in [-0.05, 0) is 57.8 Å². The van der Waals surface area contributed by atoms with Crippen LogP contribution < -0.4 is 0 Å². The van der Waals surface area contributed by atoms with E-state index in [1.165, 1.54) is 11.1 Å². The maximum Gasteiger partial charge on any atom is 0.311 e. The molecule has 4 aromatic rings. The Morgan fingerprint density at radius 3 is 0.757 bits per heavy atom. The van der Waals surface area contributed by atoms with Crippen molar-refractivity contribution in [3.8, 4) is 0 Å². The summed E-state index contributed by atoms with van der Waals surface area (Å²) >= 11 is 0. The first kappa shape index (κ1) is 92.3. The highest BCUT2D eigenvalue weighted by Gasteiger charge is 2.27. The fourth-order valence-corrected chi connectivity index (χ4v) is 3.55. The van der Waals surface area contributed by atoms with Crippen LogP contribution in [0.2, 0.25) is 0 Å². The van der Waals surface area contributed by atoms with Gasteiger partial charge in [0.1, 0.15) is 0 Å². The molecule has 4 aromatic carbocycles. The maximum atomic E-state index is 11.6. The van der Waals surface area contributed by atoms with Gasteiger partial charge in [-0.15, -0.1) is 0 Å². The molecule has 0 spiro atoms. The summed E-state index contributed by atoms with van der Waals surface area (Å²) < 4.78 is 27.4. The Balaban J connectivity index is -0.0000000790. The Morgan fingerprint density at radius 1 is 0.392 bits per heavy atom. The van der Waals surface area contributed by atoms with Crippen LogP contribution >= 0.6 is 0 Å². The van der Waals surface area contributed by atoms with E-state index in [2.05, 4.69) is 98.6 Å². The molecule has 0 unspecified atom stereocenters. The van der Waals surface area contributed by atoms with Crippen LogP contribution in [0.25, 0.3) is 0 Å². The van der Waals surface area contributed by atoms with Crippen molar-refractivity contribution >= 4 is 11.9 Å². The van der Waals surface area contributed by atoms with Gasteiger partial charge in [0, 0.05) is 56.9 Å². The zero-order valence-electron chi connectivity index (χ0n) is 54.0. The lowest BCUT2D eigenvalue weighted by atomic mass is 9.87. The van der Waals surface area contributed by atoms with Crippen LogP contribution in [0.15, 0.2) is 133 Å². The third kappa shape index (κ3) is 93.7. The van der Waals surface area contributed by atoms with E-state index in [1.807, 2.05) is 199 Å². The topological polar surface area (TPSA) is 89.5 Å². The smallest absolute Gasteiger partial charge is 0.311 e. The first-order chi connectivity index (χ1) is 35.1. The Labute approximate surface area is 462 Å². The van der Waals surface area contributed by atoms with Gasteiger partial charge in [-0.2, -0.15) is 0 Å². The number of carbonyl (C=O) groups excluding carboxylic acids is 2. The molecule has 0 N–H and O–H groups in total. The van der Waals surface area contributed by atoms with Crippen molar-refractivity contribution in [2.75, 3.05) is 70.1 Å². The van der Waals surface area contributed by atoms with Crippen molar-refractivity contribution < 1.29 is 38.0 Å². The average Bonchev–Trinajstić information content (AvgIpc) is 3.42. The van der Waals surface area contributed by atoms with E-state index < -0.39 is 0 Å². The third-order valence-electron chi connectivity index (χ3n) is 9.07. The van der Waals surface area contributed by atoms with Gasteiger partial charge < -0.3 is 28.4 Å². The van der Waals surface area contributed by atoms with Crippen LogP contribution in [-0.4, -0.2) is 82.0 Å². The molecule has 0 atom stereocenters. The van der Waals surface area contributed by atoms with Gasteiger partial charge in [0.05, 0.1) is 24.5 Å². The van der Waals surface area contributed by atoms with E-state index in [0.717, 1.165) is 32.1 Å². The predicted molar refractivity (Wildman–Crippen MR) is 331 cm³/mol. The van der Waals surface area contributed by atoms with Crippen LogP contribution in [0, 0.1) is 36.0 Å². The zero-order chi connectivity index (χ0) is 60.1. The van der Waals surface area contributed by atoms with Crippen molar-refractivity contribution in [1.29, 1.82) is 0 Å². The summed E-state index contributed by atoms with van der Waals surface area (Å²) in [4.78, 5) is 22.7. The predicted octanol–water partition coefficient (Wildman–Crippen LogP) is 19.3. The molecule has 0 saturated heterocycles. The molecule has 0 fully saturated rings. The molecule has 8 nitrogen and oxygen atoms in total. The molecule has 0 aromatic heterocycles. The van der Waals surface area contributed by atoms with Crippen molar-refractivity contribution in [1.82, 2.24) is 0 Å². The van der Waals surface area contributed by atoms with Crippen LogP contribution in [0.5, 0.6) is 0 Å². The molecule has 0 aliphatic carbocycles. The van der Waals surface area contributed by atoms with Crippen molar-refractivity contribution in [2.24, 2.45) is 22.2 Å². The highest BCUT2D eigenvalue weighted by atomic mass is 16.5. The summed E-state index contributed by atoms with van der Waals surface area (Å²) in [5, 5.41) is 0. The molecular formula is C66H124O8. The second kappa shape index (κ2) is 77.6. The summed E-state index contributed by atoms with van der Waals surface area (Å²) in [6.07, 6.45) is 4.94. The molecule has 4 rings (SSSR count). The molecule has 8 heteroatoms. The van der Waals surface area contributed by atoms with Crippen LogP contribution in [0.4, 0.5) is 0 Å². The first-order valence-electron chi connectivity index (χ1n) is 27.1. The van der Waals surface area contributed by atoms with Crippen molar-refractivity contribution in [3.63, 3.8) is 0 Å². The fraction of sp³-hybridized carbons (Fsp3) is 0.606. The van der Waals surface area contributed by atoms with E-state index in [1.54, 1.807) is 56.9 Å². The highest BCUT2D eigenvalue weighted by molar-refractivity contribution is 5.75. The molecular weight excluding hydrogens is 921 g/mol. The van der Waals surface area contributed by atoms with Crippen molar-refractivity contribution in [2.45, 2.75) is 178 Å². The zero-order valence-corrected chi connectivity index (χ0v) is 54.0. The highest BCUT2D eigenvalue weighted by Crippen LogP contribution is 2.26. The Morgan fingerprint density at radius 2 is 0.595 bits per heavy atom. The Kier molecular flexibility index (Phi) is 96.7. The van der Waals surface area contributed by atoms with E-state index in [9.17, 15) is 9.59 Å².